The van der Waals surface area contributed by atoms with E-state index in [1.54, 1.807) is 0 Å². The molecule has 18 heavy (non-hydrogen) atoms. The summed E-state index contributed by atoms with van der Waals surface area (Å²) in [7, 11) is 0. The first-order chi connectivity index (χ1) is 8.58. The van der Waals surface area contributed by atoms with Crippen LogP contribution in [0.1, 0.15) is 11.1 Å². The maximum Gasteiger partial charge on any atom is 0.148 e. The number of halogens is 3. The minimum Gasteiger partial charge on any atom is -0.487 e. The van der Waals surface area contributed by atoms with Crippen LogP contribution in [0.25, 0.3) is 0 Å². The van der Waals surface area contributed by atoms with Crippen LogP contribution in [0, 0.1) is 6.92 Å². The fourth-order valence-electron chi connectivity index (χ4n) is 1.59. The molecule has 0 unspecified atom stereocenters. The maximum absolute atomic E-state index is 5.87. The van der Waals surface area contributed by atoms with Gasteiger partial charge in [-0.2, -0.15) is 0 Å². The zero-order valence-corrected chi connectivity index (χ0v) is 14.5. The van der Waals surface area contributed by atoms with Crippen molar-refractivity contribution in [3.8, 4) is 5.75 Å². The lowest BCUT2D eigenvalue weighted by Crippen LogP contribution is -1.98. The molecule has 1 nitrogen and oxygen atoms in total. The van der Waals surface area contributed by atoms with Gasteiger partial charge in [0.1, 0.15) is 12.4 Å². The van der Waals surface area contributed by atoms with Crippen LogP contribution in [0.15, 0.2) is 49.8 Å². The maximum atomic E-state index is 5.87. The van der Waals surface area contributed by atoms with Crippen LogP contribution in [0.4, 0.5) is 0 Å². The highest BCUT2D eigenvalue weighted by atomic mass is 79.9. The molecule has 0 spiro atoms. The van der Waals surface area contributed by atoms with Gasteiger partial charge in [-0.05, 0) is 62.0 Å². The zero-order valence-electron chi connectivity index (χ0n) is 9.71. The SMILES string of the molecule is Cc1ccccc1COc1c(Br)cc(Br)cc1Br. The van der Waals surface area contributed by atoms with Crippen molar-refractivity contribution in [1.29, 1.82) is 0 Å². The van der Waals surface area contributed by atoms with Crippen molar-refractivity contribution >= 4 is 47.8 Å². The molecule has 2 aromatic rings. The van der Waals surface area contributed by atoms with Crippen molar-refractivity contribution in [2.45, 2.75) is 13.5 Å². The van der Waals surface area contributed by atoms with E-state index in [0.29, 0.717) is 6.61 Å². The van der Waals surface area contributed by atoms with Gasteiger partial charge in [-0.3, -0.25) is 0 Å². The second kappa shape index (κ2) is 6.22. The van der Waals surface area contributed by atoms with E-state index in [-0.39, 0.29) is 0 Å². The Labute approximate surface area is 132 Å². The Balaban J connectivity index is 2.19. The molecule has 0 aromatic heterocycles. The second-order valence-electron chi connectivity index (χ2n) is 3.91. The molecule has 2 rings (SSSR count). The largest absolute Gasteiger partial charge is 0.487 e. The minimum absolute atomic E-state index is 0.561. The highest BCUT2D eigenvalue weighted by Gasteiger charge is 2.09. The minimum atomic E-state index is 0.561. The Bertz CT molecular complexity index is 544. The van der Waals surface area contributed by atoms with E-state index in [4.69, 9.17) is 4.74 Å². The molecule has 0 aliphatic heterocycles. The monoisotopic (exact) mass is 432 g/mol. The molecular formula is C14H11Br3O. The first-order valence-electron chi connectivity index (χ1n) is 5.40. The van der Waals surface area contributed by atoms with Crippen molar-refractivity contribution < 1.29 is 4.74 Å². The van der Waals surface area contributed by atoms with Crippen molar-refractivity contribution in [2.75, 3.05) is 0 Å². The molecule has 2 aromatic carbocycles. The normalized spacial score (nSPS) is 10.4. The molecule has 0 aliphatic carbocycles. The quantitative estimate of drug-likeness (QED) is 0.587. The predicted molar refractivity (Wildman–Crippen MR) is 85.1 cm³/mol. The first-order valence-corrected chi connectivity index (χ1v) is 7.77. The summed E-state index contributed by atoms with van der Waals surface area (Å²) >= 11 is 10.4. The lowest BCUT2D eigenvalue weighted by atomic mass is 10.1. The number of ether oxygens (including phenoxy) is 1. The van der Waals surface area contributed by atoms with Crippen LogP contribution in [0.5, 0.6) is 5.75 Å². The molecule has 4 heteroatoms. The summed E-state index contributed by atoms with van der Waals surface area (Å²) in [5.41, 5.74) is 2.43. The molecule has 0 aliphatic rings. The molecular weight excluding hydrogens is 424 g/mol. The highest BCUT2D eigenvalue weighted by molar-refractivity contribution is 9.11. The summed E-state index contributed by atoms with van der Waals surface area (Å²) in [6.45, 7) is 2.65. The number of benzene rings is 2. The summed E-state index contributed by atoms with van der Waals surface area (Å²) in [6, 6.07) is 12.2. The number of hydrogen-bond donors (Lipinski definition) is 0. The molecule has 0 radical (unpaired) electrons. The lowest BCUT2D eigenvalue weighted by Gasteiger charge is -2.12. The van der Waals surface area contributed by atoms with Crippen LogP contribution in [-0.4, -0.2) is 0 Å². The van der Waals surface area contributed by atoms with Gasteiger partial charge in [-0.15, -0.1) is 0 Å². The standard InChI is InChI=1S/C14H11Br3O/c1-9-4-2-3-5-10(9)8-18-14-12(16)6-11(15)7-13(14)17/h2-7H,8H2,1H3. The first kappa shape index (κ1) is 14.1. The van der Waals surface area contributed by atoms with Crippen LogP contribution in [0.3, 0.4) is 0 Å². The number of rotatable bonds is 3. The fourth-order valence-corrected chi connectivity index (χ4v) is 4.08. The smallest absolute Gasteiger partial charge is 0.148 e. The van der Waals surface area contributed by atoms with Gasteiger partial charge in [0.25, 0.3) is 0 Å². The Hall–Kier alpha value is -0.320. The third kappa shape index (κ3) is 3.37. The molecule has 0 bridgehead atoms. The average molecular weight is 435 g/mol. The van der Waals surface area contributed by atoms with E-state index in [9.17, 15) is 0 Å². The summed E-state index contributed by atoms with van der Waals surface area (Å²) in [5, 5.41) is 0. The Morgan fingerprint density at radius 3 is 2.22 bits per heavy atom. The van der Waals surface area contributed by atoms with Gasteiger partial charge in [0.2, 0.25) is 0 Å². The van der Waals surface area contributed by atoms with Crippen LogP contribution in [0.2, 0.25) is 0 Å². The van der Waals surface area contributed by atoms with E-state index in [2.05, 4.69) is 66.8 Å². The van der Waals surface area contributed by atoms with E-state index in [1.165, 1.54) is 11.1 Å². The van der Waals surface area contributed by atoms with E-state index < -0.39 is 0 Å². The Morgan fingerprint density at radius 1 is 1.00 bits per heavy atom. The molecule has 94 valence electrons. The zero-order chi connectivity index (χ0) is 13.1. The third-order valence-corrected chi connectivity index (χ3v) is 4.23. The predicted octanol–water partition coefficient (Wildman–Crippen LogP) is 5.86. The van der Waals surface area contributed by atoms with Crippen LogP contribution in [-0.2, 0) is 6.61 Å². The van der Waals surface area contributed by atoms with Crippen molar-refractivity contribution in [3.05, 3.63) is 60.9 Å². The van der Waals surface area contributed by atoms with Gasteiger partial charge in [0, 0.05) is 4.47 Å². The second-order valence-corrected chi connectivity index (χ2v) is 6.54. The molecule has 0 saturated carbocycles. The van der Waals surface area contributed by atoms with Gasteiger partial charge in [-0.25, -0.2) is 0 Å². The third-order valence-electron chi connectivity index (χ3n) is 2.60. The van der Waals surface area contributed by atoms with Gasteiger partial charge in [-0.1, -0.05) is 40.2 Å². The molecule has 0 saturated heterocycles. The Kier molecular flexibility index (Phi) is 4.87. The fraction of sp³-hybridized carbons (Fsp3) is 0.143. The molecule has 0 atom stereocenters. The number of hydrogen-bond acceptors (Lipinski definition) is 1. The van der Waals surface area contributed by atoms with Gasteiger partial charge < -0.3 is 4.74 Å². The molecule has 0 N–H and O–H groups in total. The highest BCUT2D eigenvalue weighted by Crippen LogP contribution is 2.36. The summed E-state index contributed by atoms with van der Waals surface area (Å²) < 4.78 is 8.74. The van der Waals surface area contributed by atoms with Gasteiger partial charge in [0.15, 0.2) is 0 Å². The van der Waals surface area contributed by atoms with Crippen LogP contribution >= 0.6 is 47.8 Å². The molecule has 0 amide bonds. The lowest BCUT2D eigenvalue weighted by molar-refractivity contribution is 0.301. The van der Waals surface area contributed by atoms with Crippen molar-refractivity contribution in [3.63, 3.8) is 0 Å². The summed E-state index contributed by atoms with van der Waals surface area (Å²) in [5.74, 6) is 0.821. The molecule has 0 fully saturated rings. The van der Waals surface area contributed by atoms with E-state index in [0.717, 1.165) is 19.2 Å². The number of aryl methyl sites for hydroxylation is 1. The van der Waals surface area contributed by atoms with Gasteiger partial charge >= 0.3 is 0 Å². The Morgan fingerprint density at radius 2 is 1.61 bits per heavy atom. The summed E-state index contributed by atoms with van der Waals surface area (Å²) in [6.07, 6.45) is 0. The topological polar surface area (TPSA) is 9.23 Å². The van der Waals surface area contributed by atoms with Crippen molar-refractivity contribution in [1.82, 2.24) is 0 Å². The van der Waals surface area contributed by atoms with Crippen LogP contribution < -0.4 is 4.74 Å². The van der Waals surface area contributed by atoms with E-state index >= 15 is 0 Å². The summed E-state index contributed by atoms with van der Waals surface area (Å²) in [4.78, 5) is 0. The average Bonchev–Trinajstić information content (AvgIpc) is 2.30. The molecule has 0 heterocycles. The van der Waals surface area contributed by atoms with Gasteiger partial charge in [0.05, 0.1) is 8.95 Å². The van der Waals surface area contributed by atoms with Crippen molar-refractivity contribution in [2.24, 2.45) is 0 Å². The van der Waals surface area contributed by atoms with E-state index in [1.807, 2.05) is 24.3 Å².